The SMILES string of the molecule is CCOC(=O)C1CCN(C(=O)c2cc(Cl)cc(OCCCON=C(N)N)c2)CC1. The quantitative estimate of drug-likeness (QED) is 0.202. The Morgan fingerprint density at radius 2 is 1.93 bits per heavy atom. The van der Waals surface area contributed by atoms with Gasteiger partial charge in [0.1, 0.15) is 12.4 Å². The number of nitrogens with zero attached hydrogens (tertiary/aromatic N) is 2. The number of rotatable bonds is 9. The number of halogens is 1. The van der Waals surface area contributed by atoms with Gasteiger partial charge in [-0.2, -0.15) is 0 Å². The lowest BCUT2D eigenvalue weighted by atomic mass is 9.96. The van der Waals surface area contributed by atoms with Gasteiger partial charge in [0.2, 0.25) is 5.96 Å². The first-order valence-electron chi connectivity index (χ1n) is 9.51. The number of hydrogen-bond acceptors (Lipinski definition) is 6. The van der Waals surface area contributed by atoms with Crippen LogP contribution in [0.15, 0.2) is 23.4 Å². The van der Waals surface area contributed by atoms with Gasteiger partial charge in [-0.15, -0.1) is 0 Å². The number of ether oxygens (including phenoxy) is 2. The number of piperidine rings is 1. The summed E-state index contributed by atoms with van der Waals surface area (Å²) in [7, 11) is 0. The highest BCUT2D eigenvalue weighted by Crippen LogP contribution is 2.25. The maximum absolute atomic E-state index is 12.8. The monoisotopic (exact) mass is 426 g/mol. The lowest BCUT2D eigenvalue weighted by molar-refractivity contribution is -0.149. The van der Waals surface area contributed by atoms with E-state index in [0.29, 0.717) is 68.5 Å². The Morgan fingerprint density at radius 1 is 1.21 bits per heavy atom. The summed E-state index contributed by atoms with van der Waals surface area (Å²) in [5.74, 6) is -0.143. The van der Waals surface area contributed by atoms with Crippen LogP contribution in [0, 0.1) is 5.92 Å². The molecule has 1 fully saturated rings. The van der Waals surface area contributed by atoms with Crippen molar-refractivity contribution in [2.75, 3.05) is 32.9 Å². The number of oxime groups is 1. The van der Waals surface area contributed by atoms with Gasteiger partial charge in [0, 0.05) is 30.1 Å². The van der Waals surface area contributed by atoms with Gasteiger partial charge in [0.15, 0.2) is 0 Å². The van der Waals surface area contributed by atoms with Crippen LogP contribution in [0.1, 0.15) is 36.5 Å². The van der Waals surface area contributed by atoms with Gasteiger partial charge in [-0.3, -0.25) is 9.59 Å². The van der Waals surface area contributed by atoms with Crippen molar-refractivity contribution in [1.82, 2.24) is 4.90 Å². The second kappa shape index (κ2) is 11.4. The Hall–Kier alpha value is -2.68. The lowest BCUT2D eigenvalue weighted by Gasteiger charge is -2.31. The number of carbonyl (C=O) groups excluding carboxylic acids is 2. The second-order valence-electron chi connectivity index (χ2n) is 6.55. The molecular weight excluding hydrogens is 400 g/mol. The molecule has 0 saturated carbocycles. The Balaban J connectivity index is 1.87. The van der Waals surface area contributed by atoms with Gasteiger partial charge >= 0.3 is 5.97 Å². The number of amides is 1. The lowest BCUT2D eigenvalue weighted by Crippen LogP contribution is -2.40. The second-order valence-corrected chi connectivity index (χ2v) is 6.98. The van der Waals surface area contributed by atoms with Crippen LogP contribution in [0.2, 0.25) is 5.02 Å². The van der Waals surface area contributed by atoms with E-state index in [1.165, 1.54) is 0 Å². The molecule has 2 rings (SSSR count). The summed E-state index contributed by atoms with van der Waals surface area (Å²) in [6.45, 7) is 3.77. The summed E-state index contributed by atoms with van der Waals surface area (Å²) >= 11 is 6.15. The van der Waals surface area contributed by atoms with Gasteiger partial charge in [0.25, 0.3) is 5.91 Å². The molecule has 1 aliphatic rings. The van der Waals surface area contributed by atoms with E-state index in [1.54, 1.807) is 30.0 Å². The van der Waals surface area contributed by atoms with E-state index < -0.39 is 0 Å². The first-order chi connectivity index (χ1) is 13.9. The van der Waals surface area contributed by atoms with E-state index in [0.717, 1.165) is 0 Å². The largest absolute Gasteiger partial charge is 0.493 e. The Morgan fingerprint density at radius 3 is 2.59 bits per heavy atom. The summed E-state index contributed by atoms with van der Waals surface area (Å²) < 4.78 is 10.7. The van der Waals surface area contributed by atoms with Crippen molar-refractivity contribution in [2.24, 2.45) is 22.5 Å². The molecule has 0 aromatic heterocycles. The predicted molar refractivity (Wildman–Crippen MR) is 109 cm³/mol. The molecule has 1 aromatic carbocycles. The molecule has 1 amide bonds. The third kappa shape index (κ3) is 7.34. The first-order valence-corrected chi connectivity index (χ1v) is 9.88. The van der Waals surface area contributed by atoms with E-state index in [1.807, 2.05) is 0 Å². The van der Waals surface area contributed by atoms with Crippen LogP contribution in [0.5, 0.6) is 5.75 Å². The van der Waals surface area contributed by atoms with Crippen molar-refractivity contribution < 1.29 is 23.9 Å². The van der Waals surface area contributed by atoms with Crippen molar-refractivity contribution in [3.8, 4) is 5.75 Å². The molecule has 0 atom stereocenters. The van der Waals surface area contributed by atoms with Crippen molar-refractivity contribution >= 4 is 29.4 Å². The summed E-state index contributed by atoms with van der Waals surface area (Å²) in [6.07, 6.45) is 1.72. The Bertz CT molecular complexity index is 731. The van der Waals surface area contributed by atoms with Gasteiger partial charge < -0.3 is 30.7 Å². The predicted octanol–water partition coefficient (Wildman–Crippen LogP) is 1.73. The van der Waals surface area contributed by atoms with Crippen LogP contribution in [-0.4, -0.2) is 55.6 Å². The average Bonchev–Trinajstić information content (AvgIpc) is 2.69. The average molecular weight is 427 g/mol. The van der Waals surface area contributed by atoms with Crippen LogP contribution >= 0.6 is 11.6 Å². The van der Waals surface area contributed by atoms with Gasteiger partial charge in [-0.25, -0.2) is 0 Å². The molecule has 160 valence electrons. The van der Waals surface area contributed by atoms with E-state index in [2.05, 4.69) is 5.16 Å². The van der Waals surface area contributed by atoms with Gasteiger partial charge in [-0.05, 0) is 43.1 Å². The zero-order chi connectivity index (χ0) is 21.2. The normalized spacial score (nSPS) is 14.2. The van der Waals surface area contributed by atoms with Crippen LogP contribution in [0.3, 0.4) is 0 Å². The maximum atomic E-state index is 12.8. The van der Waals surface area contributed by atoms with Crippen LogP contribution < -0.4 is 16.2 Å². The molecule has 10 heteroatoms. The highest BCUT2D eigenvalue weighted by molar-refractivity contribution is 6.31. The number of carbonyl (C=O) groups is 2. The molecular formula is C19H27ClN4O5. The standard InChI is InChI=1S/C19H27ClN4O5/c1-2-27-18(26)13-4-6-24(7-5-13)17(25)14-10-15(20)12-16(11-14)28-8-3-9-29-23-19(21)22/h10-13H,2-9H2,1H3,(H4,21,22,23). The molecule has 1 aliphatic heterocycles. The first kappa shape index (κ1) is 22.6. The number of guanidine groups is 1. The zero-order valence-electron chi connectivity index (χ0n) is 16.4. The maximum Gasteiger partial charge on any atom is 0.309 e. The van der Waals surface area contributed by atoms with Crippen LogP contribution in [0.4, 0.5) is 0 Å². The minimum Gasteiger partial charge on any atom is -0.493 e. The zero-order valence-corrected chi connectivity index (χ0v) is 17.2. The minimum absolute atomic E-state index is 0.143. The fourth-order valence-electron chi connectivity index (χ4n) is 2.96. The molecule has 0 radical (unpaired) electrons. The molecule has 1 heterocycles. The van der Waals surface area contributed by atoms with Crippen molar-refractivity contribution in [1.29, 1.82) is 0 Å². The molecule has 1 aromatic rings. The van der Waals surface area contributed by atoms with Crippen molar-refractivity contribution in [2.45, 2.75) is 26.2 Å². The Labute approximate surface area is 174 Å². The van der Waals surface area contributed by atoms with Gasteiger partial charge in [-0.1, -0.05) is 11.6 Å². The van der Waals surface area contributed by atoms with Crippen molar-refractivity contribution in [3.05, 3.63) is 28.8 Å². The number of benzene rings is 1. The summed E-state index contributed by atoms with van der Waals surface area (Å²) in [4.78, 5) is 31.3. The highest BCUT2D eigenvalue weighted by Gasteiger charge is 2.28. The number of esters is 1. The topological polar surface area (TPSA) is 129 Å². The van der Waals surface area contributed by atoms with Crippen LogP contribution in [-0.2, 0) is 14.4 Å². The molecule has 0 unspecified atom stereocenters. The third-order valence-electron chi connectivity index (χ3n) is 4.34. The fraction of sp³-hybridized carbons (Fsp3) is 0.526. The molecule has 29 heavy (non-hydrogen) atoms. The summed E-state index contributed by atoms with van der Waals surface area (Å²) in [5.41, 5.74) is 10.8. The van der Waals surface area contributed by atoms with Crippen molar-refractivity contribution in [3.63, 3.8) is 0 Å². The molecule has 0 bridgehead atoms. The number of likely N-dealkylation sites (tertiary alicyclic amines) is 1. The molecule has 1 saturated heterocycles. The molecule has 9 nitrogen and oxygen atoms in total. The van der Waals surface area contributed by atoms with E-state index in [-0.39, 0.29) is 23.8 Å². The minimum atomic E-state index is -0.193. The Kier molecular flexibility index (Phi) is 8.85. The number of hydrogen-bond donors (Lipinski definition) is 2. The summed E-state index contributed by atoms with van der Waals surface area (Å²) in [5, 5.41) is 3.82. The number of nitrogens with two attached hydrogens (primary N) is 2. The van der Waals surface area contributed by atoms with Gasteiger partial charge in [0.05, 0.1) is 19.1 Å². The fourth-order valence-corrected chi connectivity index (χ4v) is 3.19. The summed E-state index contributed by atoms with van der Waals surface area (Å²) in [6, 6.07) is 4.90. The van der Waals surface area contributed by atoms with E-state index >= 15 is 0 Å². The van der Waals surface area contributed by atoms with E-state index in [4.69, 9.17) is 37.4 Å². The smallest absolute Gasteiger partial charge is 0.309 e. The van der Waals surface area contributed by atoms with Crippen LogP contribution in [0.25, 0.3) is 0 Å². The molecule has 0 aliphatic carbocycles. The highest BCUT2D eigenvalue weighted by atomic mass is 35.5. The molecule has 0 spiro atoms. The third-order valence-corrected chi connectivity index (χ3v) is 4.56. The van der Waals surface area contributed by atoms with E-state index in [9.17, 15) is 9.59 Å². The molecule has 4 N–H and O–H groups in total.